The first-order valence-corrected chi connectivity index (χ1v) is 9.69. The Morgan fingerprint density at radius 2 is 1.42 bits per heavy atom. The van der Waals surface area contributed by atoms with Crippen LogP contribution in [0.25, 0.3) is 0 Å². The summed E-state index contributed by atoms with van der Waals surface area (Å²) in [7, 11) is 0. The maximum atomic E-state index is 12.6. The van der Waals surface area contributed by atoms with Crippen LogP contribution in [0.5, 0.6) is 0 Å². The molecule has 16 nitrogen and oxygen atoms in total. The lowest BCUT2D eigenvalue weighted by Crippen LogP contribution is -2.56. The second kappa shape index (κ2) is 14.2. The molecule has 0 rings (SSSR count). The molecule has 0 fully saturated rings. The number of carboxylic acids is 2. The van der Waals surface area contributed by atoms with E-state index in [2.05, 4.69) is 15.6 Å². The van der Waals surface area contributed by atoms with E-state index in [9.17, 15) is 28.8 Å². The summed E-state index contributed by atoms with van der Waals surface area (Å²) in [6, 6.07) is -5.53. The van der Waals surface area contributed by atoms with Crippen molar-refractivity contribution < 1.29 is 39.0 Å². The lowest BCUT2D eigenvalue weighted by atomic mass is 10.1. The van der Waals surface area contributed by atoms with Crippen LogP contribution < -0.4 is 38.9 Å². The quantitative estimate of drug-likeness (QED) is 0.0616. The summed E-state index contributed by atoms with van der Waals surface area (Å²) in [5, 5.41) is 24.6. The third-order valence-electron chi connectivity index (χ3n) is 4.08. The summed E-state index contributed by atoms with van der Waals surface area (Å²) in [4.78, 5) is 73.6. The van der Waals surface area contributed by atoms with Crippen LogP contribution in [0.3, 0.4) is 0 Å². The van der Waals surface area contributed by atoms with Gasteiger partial charge >= 0.3 is 11.9 Å². The van der Waals surface area contributed by atoms with Gasteiger partial charge < -0.3 is 49.1 Å². The van der Waals surface area contributed by atoms with Crippen LogP contribution in [-0.2, 0) is 28.8 Å². The van der Waals surface area contributed by atoms with Crippen molar-refractivity contribution >= 4 is 41.5 Å². The van der Waals surface area contributed by atoms with Crippen LogP contribution in [0, 0.1) is 0 Å². The fraction of sp³-hybridized carbons (Fsp3) is 0.588. The molecule has 13 N–H and O–H groups in total. The average Bonchev–Trinajstić information content (AvgIpc) is 2.68. The highest BCUT2D eigenvalue weighted by Crippen LogP contribution is 2.03. The number of nitrogens with two attached hydrogens (primary N) is 4. The van der Waals surface area contributed by atoms with Crippen LogP contribution >= 0.6 is 0 Å². The number of amides is 4. The number of carbonyl (C=O) groups is 6. The minimum atomic E-state index is -1.74. The number of hydrogen-bond acceptors (Lipinski definition) is 8. The molecule has 0 heterocycles. The molecular weight excluding hydrogens is 444 g/mol. The van der Waals surface area contributed by atoms with Gasteiger partial charge in [0.25, 0.3) is 0 Å². The van der Waals surface area contributed by atoms with Crippen molar-refractivity contribution in [2.24, 2.45) is 27.9 Å². The predicted octanol–water partition coefficient (Wildman–Crippen LogP) is -4.72. The van der Waals surface area contributed by atoms with Gasteiger partial charge in [-0.05, 0) is 19.8 Å². The SMILES string of the molecule is CC(NC(=O)C(N)CC(N)=O)C(=O)NC(CCCN=C(N)N)C(=O)NC(CC(=O)O)C(=O)O. The number of hydrogen-bond donors (Lipinski definition) is 9. The number of nitrogens with zero attached hydrogens (tertiary/aromatic N) is 1. The number of nitrogens with one attached hydrogen (secondary N) is 3. The number of guanidine groups is 1. The van der Waals surface area contributed by atoms with Crippen LogP contribution in [0.4, 0.5) is 0 Å². The molecule has 16 heteroatoms. The summed E-state index contributed by atoms with van der Waals surface area (Å²) >= 11 is 0. The molecule has 0 saturated carbocycles. The molecule has 4 atom stereocenters. The number of aliphatic carboxylic acids is 2. The van der Waals surface area contributed by atoms with E-state index in [0.717, 1.165) is 0 Å². The van der Waals surface area contributed by atoms with Crippen LogP contribution in [-0.4, -0.2) is 82.5 Å². The summed E-state index contributed by atoms with van der Waals surface area (Å²) in [6.07, 6.45) is -1.19. The Morgan fingerprint density at radius 3 is 1.91 bits per heavy atom. The van der Waals surface area contributed by atoms with Gasteiger partial charge in [0, 0.05) is 6.54 Å². The molecule has 4 amide bonds. The van der Waals surface area contributed by atoms with E-state index < -0.39 is 72.6 Å². The molecule has 0 saturated heterocycles. The fourth-order valence-electron chi connectivity index (χ4n) is 2.41. The lowest BCUT2D eigenvalue weighted by molar-refractivity contribution is -0.147. The Bertz CT molecular complexity index is 783. The van der Waals surface area contributed by atoms with Gasteiger partial charge in [0.2, 0.25) is 23.6 Å². The standard InChI is InChI=1S/C17H30N8O8/c1-7(23-14(30)8(18)5-11(19)26)13(29)24-9(3-2-4-22-17(20)21)15(31)25-10(16(32)33)6-12(27)28/h7-10H,2-6,18H2,1H3,(H2,19,26)(H,23,30)(H,24,29)(H,25,31)(H,27,28)(H,32,33)(H4,20,21,22). The highest BCUT2D eigenvalue weighted by atomic mass is 16.4. The Morgan fingerprint density at radius 1 is 0.848 bits per heavy atom. The first kappa shape index (κ1) is 29.0. The van der Waals surface area contributed by atoms with Gasteiger partial charge in [-0.1, -0.05) is 0 Å². The van der Waals surface area contributed by atoms with Crippen molar-refractivity contribution in [3.63, 3.8) is 0 Å². The largest absolute Gasteiger partial charge is 0.481 e. The Balaban J connectivity index is 5.28. The topological polar surface area (TPSA) is 295 Å². The zero-order valence-corrected chi connectivity index (χ0v) is 17.9. The summed E-state index contributed by atoms with van der Waals surface area (Å²) in [5.74, 6) is -6.69. The average molecular weight is 474 g/mol. The molecular formula is C17H30N8O8. The molecule has 186 valence electrons. The third-order valence-corrected chi connectivity index (χ3v) is 4.08. The molecule has 0 aliphatic rings. The minimum Gasteiger partial charge on any atom is -0.481 e. The first-order chi connectivity index (χ1) is 15.2. The Labute approximate surface area is 188 Å². The Kier molecular flexibility index (Phi) is 12.5. The van der Waals surface area contributed by atoms with Crippen molar-refractivity contribution in [2.45, 2.75) is 56.8 Å². The van der Waals surface area contributed by atoms with Gasteiger partial charge in [0.15, 0.2) is 5.96 Å². The fourth-order valence-corrected chi connectivity index (χ4v) is 2.41. The molecule has 0 radical (unpaired) electrons. The maximum absolute atomic E-state index is 12.6. The molecule has 0 aromatic carbocycles. The number of carboxylic acid groups (broad SMARTS) is 2. The van der Waals surface area contributed by atoms with Gasteiger partial charge in [-0.3, -0.25) is 29.0 Å². The number of primary amides is 1. The Hall–Kier alpha value is -3.95. The van der Waals surface area contributed by atoms with Crippen molar-refractivity contribution in [3.8, 4) is 0 Å². The predicted molar refractivity (Wildman–Crippen MR) is 113 cm³/mol. The molecule has 0 aromatic rings. The molecule has 0 aliphatic carbocycles. The van der Waals surface area contributed by atoms with Crippen molar-refractivity contribution in [3.05, 3.63) is 0 Å². The molecule has 0 bridgehead atoms. The molecule has 0 aliphatic heterocycles. The zero-order chi connectivity index (χ0) is 25.7. The van der Waals surface area contributed by atoms with Crippen LogP contribution in [0.1, 0.15) is 32.6 Å². The van der Waals surface area contributed by atoms with Gasteiger partial charge in [-0.15, -0.1) is 0 Å². The van der Waals surface area contributed by atoms with E-state index in [1.807, 2.05) is 5.32 Å². The maximum Gasteiger partial charge on any atom is 0.326 e. The van der Waals surface area contributed by atoms with Crippen molar-refractivity contribution in [1.29, 1.82) is 0 Å². The first-order valence-electron chi connectivity index (χ1n) is 9.69. The number of carbonyl (C=O) groups excluding carboxylic acids is 4. The molecule has 0 spiro atoms. The molecule has 4 unspecified atom stereocenters. The van der Waals surface area contributed by atoms with E-state index in [1.54, 1.807) is 0 Å². The van der Waals surface area contributed by atoms with Gasteiger partial charge in [0.1, 0.15) is 18.1 Å². The number of rotatable bonds is 15. The second-order valence-electron chi connectivity index (χ2n) is 7.01. The normalized spacial score (nSPS) is 14.0. The van der Waals surface area contributed by atoms with Gasteiger partial charge in [0.05, 0.1) is 18.9 Å². The van der Waals surface area contributed by atoms with Crippen LogP contribution in [0.2, 0.25) is 0 Å². The highest BCUT2D eigenvalue weighted by Gasteiger charge is 2.29. The number of aliphatic imine (C=N–C) groups is 1. The third kappa shape index (κ3) is 12.5. The van der Waals surface area contributed by atoms with E-state index in [1.165, 1.54) is 6.92 Å². The lowest BCUT2D eigenvalue weighted by Gasteiger charge is -2.23. The highest BCUT2D eigenvalue weighted by molar-refractivity contribution is 5.95. The van der Waals surface area contributed by atoms with Crippen molar-refractivity contribution in [2.75, 3.05) is 6.54 Å². The van der Waals surface area contributed by atoms with E-state index >= 15 is 0 Å². The van der Waals surface area contributed by atoms with Gasteiger partial charge in [-0.25, -0.2) is 4.79 Å². The van der Waals surface area contributed by atoms with Gasteiger partial charge in [-0.2, -0.15) is 0 Å². The minimum absolute atomic E-state index is 0.0460. The zero-order valence-electron chi connectivity index (χ0n) is 17.9. The van der Waals surface area contributed by atoms with E-state index in [-0.39, 0.29) is 25.3 Å². The van der Waals surface area contributed by atoms with Crippen LogP contribution in [0.15, 0.2) is 4.99 Å². The van der Waals surface area contributed by atoms with E-state index in [4.69, 9.17) is 33.1 Å². The van der Waals surface area contributed by atoms with E-state index in [0.29, 0.717) is 0 Å². The summed E-state index contributed by atoms with van der Waals surface area (Å²) in [6.45, 7) is 1.37. The smallest absolute Gasteiger partial charge is 0.326 e. The monoisotopic (exact) mass is 474 g/mol. The second-order valence-corrected chi connectivity index (χ2v) is 7.01. The van der Waals surface area contributed by atoms with Crippen molar-refractivity contribution in [1.82, 2.24) is 16.0 Å². The molecule has 0 aromatic heterocycles. The summed E-state index contributed by atoms with van der Waals surface area (Å²) < 4.78 is 0. The summed E-state index contributed by atoms with van der Waals surface area (Å²) in [5.41, 5.74) is 20.9. The molecule has 33 heavy (non-hydrogen) atoms.